The van der Waals surface area contributed by atoms with E-state index in [2.05, 4.69) is 17.0 Å². The molecule has 7 nitrogen and oxygen atoms in total. The zero-order valence-electron chi connectivity index (χ0n) is 17.9. The summed E-state index contributed by atoms with van der Waals surface area (Å²) < 4.78 is 10.9. The molecular weight excluding hydrogens is 422 g/mol. The standard InChI is InChI=1S/C24H25N5O2S/c1-30-18-8-6-16(7-9-18)21-15-22(29(27-21)24(25)32)19-14-17-4-2-3-5-20(17)26-23(19)28-10-12-31-13-11-28/h2-9,14,22H,10-13,15H2,1H3,(H2,25,32). The molecule has 0 amide bonds. The van der Waals surface area contributed by atoms with Crippen molar-refractivity contribution in [1.29, 1.82) is 0 Å². The summed E-state index contributed by atoms with van der Waals surface area (Å²) in [5.41, 5.74) is 10.1. The van der Waals surface area contributed by atoms with Gasteiger partial charge in [0.2, 0.25) is 0 Å². The van der Waals surface area contributed by atoms with E-state index in [1.807, 2.05) is 42.5 Å². The minimum absolute atomic E-state index is 0.125. The van der Waals surface area contributed by atoms with Gasteiger partial charge in [-0.25, -0.2) is 9.99 Å². The Morgan fingerprint density at radius 3 is 2.59 bits per heavy atom. The van der Waals surface area contributed by atoms with Crippen molar-refractivity contribution in [1.82, 2.24) is 9.99 Å². The number of anilines is 1. The van der Waals surface area contributed by atoms with E-state index >= 15 is 0 Å². The van der Waals surface area contributed by atoms with Gasteiger partial charge in [0.1, 0.15) is 11.6 Å². The molecular formula is C24H25N5O2S. The van der Waals surface area contributed by atoms with Gasteiger partial charge in [-0.05, 0) is 54.2 Å². The van der Waals surface area contributed by atoms with Gasteiger partial charge >= 0.3 is 0 Å². The third-order valence-corrected chi connectivity index (χ3v) is 6.15. The number of hydrazone groups is 1. The number of nitrogens with two attached hydrogens (primary N) is 1. The van der Waals surface area contributed by atoms with E-state index in [1.165, 1.54) is 0 Å². The maximum Gasteiger partial charge on any atom is 0.187 e. The summed E-state index contributed by atoms with van der Waals surface area (Å²) in [6.07, 6.45) is 0.682. The van der Waals surface area contributed by atoms with Crippen molar-refractivity contribution < 1.29 is 9.47 Å². The molecule has 3 aromatic rings. The lowest BCUT2D eigenvalue weighted by molar-refractivity contribution is 0.122. The summed E-state index contributed by atoms with van der Waals surface area (Å²) in [5, 5.41) is 7.90. The van der Waals surface area contributed by atoms with Crippen LogP contribution in [0.3, 0.4) is 0 Å². The first-order valence-electron chi connectivity index (χ1n) is 10.7. The predicted molar refractivity (Wildman–Crippen MR) is 130 cm³/mol. The molecule has 2 aromatic carbocycles. The number of morpholine rings is 1. The summed E-state index contributed by atoms with van der Waals surface area (Å²) in [6.45, 7) is 2.96. The molecule has 8 heteroatoms. The average Bonchev–Trinajstić information content (AvgIpc) is 3.30. The lowest BCUT2D eigenvalue weighted by Crippen LogP contribution is -2.39. The van der Waals surface area contributed by atoms with Crippen LogP contribution < -0.4 is 15.4 Å². The molecule has 3 heterocycles. The molecule has 0 radical (unpaired) electrons. The first-order chi connectivity index (χ1) is 15.6. The Bertz CT molecular complexity index is 1170. The molecule has 1 atom stereocenters. The van der Waals surface area contributed by atoms with Crippen LogP contribution in [-0.2, 0) is 4.74 Å². The van der Waals surface area contributed by atoms with Crippen molar-refractivity contribution in [3.05, 3.63) is 65.7 Å². The Labute approximate surface area is 192 Å². The van der Waals surface area contributed by atoms with Gasteiger partial charge in [0.15, 0.2) is 5.11 Å². The largest absolute Gasteiger partial charge is 0.497 e. The highest BCUT2D eigenvalue weighted by Gasteiger charge is 2.34. The fourth-order valence-corrected chi connectivity index (χ4v) is 4.48. The predicted octanol–water partition coefficient (Wildman–Crippen LogP) is 3.47. The summed E-state index contributed by atoms with van der Waals surface area (Å²) in [6, 6.07) is 18.2. The topological polar surface area (TPSA) is 76.2 Å². The van der Waals surface area contributed by atoms with Crippen molar-refractivity contribution >= 4 is 39.8 Å². The molecule has 32 heavy (non-hydrogen) atoms. The van der Waals surface area contributed by atoms with E-state index < -0.39 is 0 Å². The second kappa shape index (κ2) is 8.72. The van der Waals surface area contributed by atoms with Crippen LogP contribution in [0, 0.1) is 0 Å². The Hall–Kier alpha value is -3.23. The Morgan fingerprint density at radius 1 is 1.12 bits per heavy atom. The molecule has 2 aliphatic heterocycles. The number of aromatic nitrogens is 1. The smallest absolute Gasteiger partial charge is 0.187 e. The monoisotopic (exact) mass is 447 g/mol. The fraction of sp³-hybridized carbons (Fsp3) is 0.292. The maximum atomic E-state index is 6.13. The van der Waals surface area contributed by atoms with Crippen molar-refractivity contribution in [3.8, 4) is 5.75 Å². The van der Waals surface area contributed by atoms with E-state index in [9.17, 15) is 0 Å². The van der Waals surface area contributed by atoms with Gasteiger partial charge in [-0.2, -0.15) is 5.10 Å². The van der Waals surface area contributed by atoms with E-state index in [4.69, 9.17) is 37.5 Å². The number of ether oxygens (including phenoxy) is 2. The van der Waals surface area contributed by atoms with Gasteiger partial charge in [-0.1, -0.05) is 18.2 Å². The third-order valence-electron chi connectivity index (χ3n) is 5.96. The number of nitrogens with zero attached hydrogens (tertiary/aromatic N) is 4. The number of hydrogen-bond donors (Lipinski definition) is 1. The summed E-state index contributed by atoms with van der Waals surface area (Å²) in [4.78, 5) is 7.34. The van der Waals surface area contributed by atoms with Crippen LogP contribution in [0.25, 0.3) is 10.9 Å². The van der Waals surface area contributed by atoms with E-state index in [0.29, 0.717) is 19.6 Å². The summed E-state index contributed by atoms with van der Waals surface area (Å²) in [7, 11) is 1.66. The minimum atomic E-state index is -0.125. The number of rotatable bonds is 4. The van der Waals surface area contributed by atoms with Gasteiger partial charge in [-0.3, -0.25) is 0 Å². The molecule has 1 saturated heterocycles. The molecule has 0 aliphatic carbocycles. The first kappa shape index (κ1) is 20.7. The molecule has 0 saturated carbocycles. The normalized spacial score (nSPS) is 18.7. The zero-order chi connectivity index (χ0) is 22.1. The number of fused-ring (bicyclic) bond motifs is 1. The van der Waals surface area contributed by atoms with Gasteiger partial charge in [0.05, 0.1) is 37.6 Å². The second-order valence-electron chi connectivity index (χ2n) is 7.87. The number of thiocarbonyl (C=S) groups is 1. The average molecular weight is 448 g/mol. The van der Waals surface area contributed by atoms with Crippen molar-refractivity contribution in [2.24, 2.45) is 10.8 Å². The minimum Gasteiger partial charge on any atom is -0.497 e. The number of hydrogen-bond acceptors (Lipinski definition) is 6. The van der Waals surface area contributed by atoms with Crippen molar-refractivity contribution in [2.75, 3.05) is 38.3 Å². The van der Waals surface area contributed by atoms with Crippen molar-refractivity contribution in [2.45, 2.75) is 12.5 Å². The Balaban J connectivity index is 1.57. The zero-order valence-corrected chi connectivity index (χ0v) is 18.7. The lowest BCUT2D eigenvalue weighted by Gasteiger charge is -2.32. The Morgan fingerprint density at radius 2 is 1.88 bits per heavy atom. The molecule has 0 spiro atoms. The van der Waals surface area contributed by atoms with E-state index in [1.54, 1.807) is 12.1 Å². The fourth-order valence-electron chi connectivity index (χ4n) is 4.31. The van der Waals surface area contributed by atoms with Crippen LogP contribution >= 0.6 is 12.2 Å². The molecule has 1 unspecified atom stereocenters. The van der Waals surface area contributed by atoms with Crippen LogP contribution in [0.5, 0.6) is 5.75 Å². The third kappa shape index (κ3) is 3.87. The number of pyridine rings is 1. The van der Waals surface area contributed by atoms with Crippen molar-refractivity contribution in [3.63, 3.8) is 0 Å². The quantitative estimate of drug-likeness (QED) is 0.614. The highest BCUT2D eigenvalue weighted by atomic mass is 32.1. The highest BCUT2D eigenvalue weighted by molar-refractivity contribution is 7.80. The summed E-state index contributed by atoms with van der Waals surface area (Å²) in [5.74, 6) is 1.76. The van der Waals surface area contributed by atoms with E-state index in [-0.39, 0.29) is 11.2 Å². The molecule has 5 rings (SSSR count). The van der Waals surface area contributed by atoms with Crippen LogP contribution in [0.15, 0.2) is 59.7 Å². The van der Waals surface area contributed by atoms with Crippen LogP contribution in [-0.4, -0.2) is 54.2 Å². The van der Waals surface area contributed by atoms with Gasteiger partial charge in [0, 0.05) is 30.5 Å². The van der Waals surface area contributed by atoms with Gasteiger partial charge < -0.3 is 20.1 Å². The maximum absolute atomic E-state index is 6.13. The molecule has 164 valence electrons. The van der Waals surface area contributed by atoms with Crippen LogP contribution in [0.2, 0.25) is 0 Å². The van der Waals surface area contributed by atoms with Gasteiger partial charge in [0.25, 0.3) is 0 Å². The van der Waals surface area contributed by atoms with Gasteiger partial charge in [-0.15, -0.1) is 0 Å². The lowest BCUT2D eigenvalue weighted by atomic mass is 9.97. The van der Waals surface area contributed by atoms with Crippen LogP contribution in [0.1, 0.15) is 23.6 Å². The molecule has 1 fully saturated rings. The Kier molecular flexibility index (Phi) is 5.63. The second-order valence-corrected chi connectivity index (χ2v) is 8.29. The first-order valence-corrected chi connectivity index (χ1v) is 11.1. The number of methoxy groups -OCH3 is 1. The van der Waals surface area contributed by atoms with E-state index in [0.717, 1.165) is 52.4 Å². The molecule has 0 bridgehead atoms. The molecule has 1 aromatic heterocycles. The highest BCUT2D eigenvalue weighted by Crippen LogP contribution is 2.38. The van der Waals surface area contributed by atoms with Crippen LogP contribution in [0.4, 0.5) is 5.82 Å². The number of benzene rings is 2. The SMILES string of the molecule is COc1ccc(C2=NN(C(N)=S)C(c3cc4ccccc4nc3N3CCOCC3)C2)cc1. The molecule has 2 aliphatic rings. The number of para-hydroxylation sites is 1. The summed E-state index contributed by atoms with van der Waals surface area (Å²) >= 11 is 5.39. The molecule has 2 N–H and O–H groups in total.